The number of halogens is 1. The Balaban J connectivity index is 1.86. The molecule has 2 aliphatic heterocycles. The molecule has 0 amide bonds. The van der Waals surface area contributed by atoms with Crippen LogP contribution in [-0.4, -0.2) is 22.0 Å². The van der Waals surface area contributed by atoms with E-state index in [1.807, 2.05) is 4.68 Å². The molecule has 4 atom stereocenters. The van der Waals surface area contributed by atoms with Crippen LogP contribution in [0.25, 0.3) is 0 Å². The maximum absolute atomic E-state index is 6.38. The van der Waals surface area contributed by atoms with Gasteiger partial charge in [-0.05, 0) is 26.2 Å². The van der Waals surface area contributed by atoms with Crippen molar-refractivity contribution in [3.8, 4) is 0 Å². The number of fused-ring (bicyclic) bond motifs is 2. The Bertz CT molecular complexity index is 420. The Kier molecular flexibility index (Phi) is 2.89. The zero-order valence-corrected chi connectivity index (χ0v) is 10.7. The minimum absolute atomic E-state index is 0.0553. The Labute approximate surface area is 106 Å². The number of rotatable bonds is 3. The van der Waals surface area contributed by atoms with E-state index in [1.165, 1.54) is 6.42 Å². The monoisotopic (exact) mass is 255 g/mol. The second-order valence-corrected chi connectivity index (χ2v) is 5.40. The zero-order chi connectivity index (χ0) is 12.0. The predicted octanol–water partition coefficient (Wildman–Crippen LogP) is 2.12. The number of aryl methyl sites for hydroxylation is 1. The highest BCUT2D eigenvalue weighted by atomic mass is 35.5. The smallest absolute Gasteiger partial charge is 0.0834 e. The fourth-order valence-electron chi connectivity index (χ4n) is 3.21. The van der Waals surface area contributed by atoms with Crippen molar-refractivity contribution in [1.29, 1.82) is 0 Å². The molecule has 1 aromatic heterocycles. The average molecular weight is 256 g/mol. The van der Waals surface area contributed by atoms with Gasteiger partial charge in [0.15, 0.2) is 0 Å². The van der Waals surface area contributed by atoms with Crippen LogP contribution in [0.1, 0.15) is 37.9 Å². The van der Waals surface area contributed by atoms with Crippen LogP contribution in [0.2, 0.25) is 5.02 Å². The molecule has 2 N–H and O–H groups in total. The minimum Gasteiger partial charge on any atom is -0.375 e. The van der Waals surface area contributed by atoms with E-state index < -0.39 is 0 Å². The largest absolute Gasteiger partial charge is 0.375 e. The standard InChI is InChI=1S/C12H18ClN3O/c1-2-16-12(9(13)6-15-16)11(14)8-5-7-3-4-10(8)17-7/h6-8,10-11H,2-5,14H2,1H3. The lowest BCUT2D eigenvalue weighted by Crippen LogP contribution is -2.31. The zero-order valence-electron chi connectivity index (χ0n) is 9.97. The van der Waals surface area contributed by atoms with Crippen LogP contribution < -0.4 is 5.73 Å². The number of hydrogen-bond acceptors (Lipinski definition) is 3. The molecular weight excluding hydrogens is 238 g/mol. The molecule has 2 bridgehead atoms. The first kappa shape index (κ1) is 11.5. The SMILES string of the molecule is CCn1ncc(Cl)c1C(N)C1CC2CCC1O2. The first-order chi connectivity index (χ1) is 8.20. The summed E-state index contributed by atoms with van der Waals surface area (Å²) in [4.78, 5) is 0. The Hall–Kier alpha value is -0.580. The van der Waals surface area contributed by atoms with Crippen LogP contribution in [0, 0.1) is 5.92 Å². The second kappa shape index (κ2) is 4.26. The van der Waals surface area contributed by atoms with Gasteiger partial charge in [0.1, 0.15) is 0 Å². The number of ether oxygens (including phenoxy) is 1. The van der Waals surface area contributed by atoms with Gasteiger partial charge in [0.05, 0.1) is 35.2 Å². The van der Waals surface area contributed by atoms with Gasteiger partial charge in [-0.1, -0.05) is 11.6 Å². The van der Waals surface area contributed by atoms with Crippen molar-refractivity contribution in [2.75, 3.05) is 0 Å². The molecule has 2 saturated heterocycles. The molecule has 0 radical (unpaired) electrons. The highest BCUT2D eigenvalue weighted by molar-refractivity contribution is 6.31. The molecule has 3 rings (SSSR count). The first-order valence-electron chi connectivity index (χ1n) is 6.33. The van der Waals surface area contributed by atoms with E-state index >= 15 is 0 Å². The molecule has 94 valence electrons. The number of nitrogens with two attached hydrogens (primary N) is 1. The van der Waals surface area contributed by atoms with Crippen LogP contribution in [0.15, 0.2) is 6.20 Å². The molecule has 4 unspecified atom stereocenters. The van der Waals surface area contributed by atoms with Gasteiger partial charge in [0.2, 0.25) is 0 Å². The summed E-state index contributed by atoms with van der Waals surface area (Å²) >= 11 is 6.19. The van der Waals surface area contributed by atoms with Gasteiger partial charge in [-0.2, -0.15) is 5.10 Å². The topological polar surface area (TPSA) is 53.1 Å². The van der Waals surface area contributed by atoms with Crippen LogP contribution in [0.4, 0.5) is 0 Å². The summed E-state index contributed by atoms with van der Waals surface area (Å²) in [5.41, 5.74) is 7.35. The Morgan fingerprint density at radius 3 is 3.06 bits per heavy atom. The molecule has 2 fully saturated rings. The number of aromatic nitrogens is 2. The predicted molar refractivity (Wildman–Crippen MR) is 65.8 cm³/mol. The fraction of sp³-hybridized carbons (Fsp3) is 0.750. The molecule has 2 aliphatic rings. The summed E-state index contributed by atoms with van der Waals surface area (Å²) in [5, 5.41) is 4.94. The molecule has 5 heteroatoms. The molecule has 0 aliphatic carbocycles. The quantitative estimate of drug-likeness (QED) is 0.900. The van der Waals surface area contributed by atoms with Gasteiger partial charge in [0, 0.05) is 12.5 Å². The van der Waals surface area contributed by atoms with Crippen molar-refractivity contribution in [3.63, 3.8) is 0 Å². The van der Waals surface area contributed by atoms with E-state index in [4.69, 9.17) is 22.1 Å². The fourth-order valence-corrected chi connectivity index (χ4v) is 3.48. The maximum Gasteiger partial charge on any atom is 0.0834 e. The highest BCUT2D eigenvalue weighted by Gasteiger charge is 2.44. The van der Waals surface area contributed by atoms with Crippen LogP contribution >= 0.6 is 11.6 Å². The Morgan fingerprint density at radius 1 is 1.65 bits per heavy atom. The Morgan fingerprint density at radius 2 is 2.47 bits per heavy atom. The van der Waals surface area contributed by atoms with E-state index in [9.17, 15) is 0 Å². The van der Waals surface area contributed by atoms with Gasteiger partial charge < -0.3 is 10.5 Å². The third-order valence-electron chi connectivity index (χ3n) is 4.06. The number of hydrogen-bond donors (Lipinski definition) is 1. The van der Waals surface area contributed by atoms with E-state index in [1.54, 1.807) is 6.20 Å². The van der Waals surface area contributed by atoms with E-state index in [-0.39, 0.29) is 6.04 Å². The van der Waals surface area contributed by atoms with Crippen molar-refractivity contribution in [2.45, 2.75) is 51.0 Å². The molecule has 3 heterocycles. The summed E-state index contributed by atoms with van der Waals surface area (Å²) in [6, 6.07) is -0.0553. The van der Waals surface area contributed by atoms with E-state index in [0.717, 1.165) is 25.1 Å². The van der Waals surface area contributed by atoms with Crippen molar-refractivity contribution in [1.82, 2.24) is 9.78 Å². The first-order valence-corrected chi connectivity index (χ1v) is 6.70. The third kappa shape index (κ3) is 1.79. The van der Waals surface area contributed by atoms with Crippen molar-refractivity contribution in [2.24, 2.45) is 11.7 Å². The third-order valence-corrected chi connectivity index (χ3v) is 4.35. The number of nitrogens with zero attached hydrogens (tertiary/aromatic N) is 2. The van der Waals surface area contributed by atoms with Crippen molar-refractivity contribution >= 4 is 11.6 Å². The minimum atomic E-state index is -0.0553. The van der Waals surface area contributed by atoms with Gasteiger partial charge in [-0.15, -0.1) is 0 Å². The highest BCUT2D eigenvalue weighted by Crippen LogP contribution is 2.44. The maximum atomic E-state index is 6.38. The molecule has 0 spiro atoms. The van der Waals surface area contributed by atoms with Crippen LogP contribution in [-0.2, 0) is 11.3 Å². The second-order valence-electron chi connectivity index (χ2n) is 4.99. The van der Waals surface area contributed by atoms with Gasteiger partial charge >= 0.3 is 0 Å². The van der Waals surface area contributed by atoms with Crippen LogP contribution in [0.3, 0.4) is 0 Å². The van der Waals surface area contributed by atoms with Gasteiger partial charge in [-0.3, -0.25) is 4.68 Å². The van der Waals surface area contributed by atoms with Gasteiger partial charge in [-0.25, -0.2) is 0 Å². The normalized spacial score (nSPS) is 33.2. The van der Waals surface area contributed by atoms with E-state index in [2.05, 4.69) is 12.0 Å². The summed E-state index contributed by atoms with van der Waals surface area (Å²) in [5.74, 6) is 0.397. The van der Waals surface area contributed by atoms with Gasteiger partial charge in [0.25, 0.3) is 0 Å². The lowest BCUT2D eigenvalue weighted by Gasteiger charge is -2.26. The van der Waals surface area contributed by atoms with Crippen LogP contribution in [0.5, 0.6) is 0 Å². The van der Waals surface area contributed by atoms with Crippen molar-refractivity contribution in [3.05, 3.63) is 16.9 Å². The lowest BCUT2D eigenvalue weighted by molar-refractivity contribution is 0.0879. The molecule has 4 nitrogen and oxygen atoms in total. The average Bonchev–Trinajstić information content (AvgIpc) is 3.01. The molecule has 0 aromatic carbocycles. The molecule has 1 aromatic rings. The molecule has 17 heavy (non-hydrogen) atoms. The molecular formula is C12H18ClN3O. The van der Waals surface area contributed by atoms with E-state index in [0.29, 0.717) is 23.1 Å². The lowest BCUT2D eigenvalue weighted by atomic mass is 9.83. The molecule has 0 saturated carbocycles. The summed E-state index contributed by atoms with van der Waals surface area (Å²) in [6.45, 7) is 2.86. The summed E-state index contributed by atoms with van der Waals surface area (Å²) < 4.78 is 7.77. The summed E-state index contributed by atoms with van der Waals surface area (Å²) in [7, 11) is 0. The van der Waals surface area contributed by atoms with Crippen molar-refractivity contribution < 1.29 is 4.74 Å². The summed E-state index contributed by atoms with van der Waals surface area (Å²) in [6.07, 6.45) is 5.83.